The molecule has 20 heavy (non-hydrogen) atoms. The van der Waals surface area contributed by atoms with Crippen LogP contribution < -0.4 is 0 Å². The lowest BCUT2D eigenvalue weighted by atomic mass is 10.2. The standard InChI is InChI=1S/C13H9N3O4/c17-9-4-5-12(18)11(6-9)15-7-8-2-1-3-10(16(19)20)13(8)14-15/h1-7,17-18H. The first kappa shape index (κ1) is 12.0. The predicted molar refractivity (Wildman–Crippen MR) is 71.1 cm³/mol. The molecule has 0 saturated heterocycles. The Balaban J connectivity index is 2.26. The van der Waals surface area contributed by atoms with E-state index in [0.717, 1.165) is 0 Å². The first-order valence-electron chi connectivity index (χ1n) is 5.71. The van der Waals surface area contributed by atoms with E-state index in [1.54, 1.807) is 18.3 Å². The molecule has 0 fully saturated rings. The Morgan fingerprint density at radius 1 is 1.20 bits per heavy atom. The van der Waals surface area contributed by atoms with Crippen LogP contribution in [-0.4, -0.2) is 24.9 Å². The van der Waals surface area contributed by atoms with Crippen molar-refractivity contribution in [3.05, 3.63) is 52.7 Å². The van der Waals surface area contributed by atoms with Gasteiger partial charge in [0.25, 0.3) is 5.69 Å². The molecule has 0 spiro atoms. The van der Waals surface area contributed by atoms with Crippen molar-refractivity contribution >= 4 is 16.6 Å². The van der Waals surface area contributed by atoms with Gasteiger partial charge in [0.15, 0.2) is 5.52 Å². The maximum atomic E-state index is 10.9. The predicted octanol–water partition coefficient (Wildman–Crippen LogP) is 2.34. The average Bonchev–Trinajstić information content (AvgIpc) is 2.84. The largest absolute Gasteiger partial charge is 0.508 e. The fraction of sp³-hybridized carbons (Fsp3) is 0. The summed E-state index contributed by atoms with van der Waals surface area (Å²) in [5, 5.41) is 34.9. The van der Waals surface area contributed by atoms with Crippen LogP contribution in [0.3, 0.4) is 0 Å². The summed E-state index contributed by atoms with van der Waals surface area (Å²) in [6.07, 6.45) is 1.55. The van der Waals surface area contributed by atoms with Gasteiger partial charge in [0, 0.05) is 23.7 Å². The normalized spacial score (nSPS) is 10.8. The molecule has 0 amide bonds. The van der Waals surface area contributed by atoms with E-state index in [2.05, 4.69) is 5.10 Å². The Morgan fingerprint density at radius 2 is 2.00 bits per heavy atom. The molecular formula is C13H9N3O4. The SMILES string of the molecule is O=[N+]([O-])c1cccc2cn(-c3cc(O)ccc3O)nc12. The number of benzene rings is 2. The van der Waals surface area contributed by atoms with Crippen LogP contribution in [0.5, 0.6) is 11.5 Å². The van der Waals surface area contributed by atoms with Crippen molar-refractivity contribution < 1.29 is 15.1 Å². The molecule has 0 unspecified atom stereocenters. The first-order chi connectivity index (χ1) is 9.56. The van der Waals surface area contributed by atoms with Gasteiger partial charge >= 0.3 is 0 Å². The van der Waals surface area contributed by atoms with E-state index in [4.69, 9.17) is 0 Å². The number of hydrogen-bond donors (Lipinski definition) is 2. The summed E-state index contributed by atoms with van der Waals surface area (Å²) >= 11 is 0. The van der Waals surface area contributed by atoms with Gasteiger partial charge in [-0.25, -0.2) is 4.68 Å². The summed E-state index contributed by atoms with van der Waals surface area (Å²) in [7, 11) is 0. The van der Waals surface area contributed by atoms with E-state index in [9.17, 15) is 20.3 Å². The molecule has 7 heteroatoms. The van der Waals surface area contributed by atoms with Crippen LogP contribution in [0.15, 0.2) is 42.6 Å². The molecule has 0 radical (unpaired) electrons. The Hall–Kier alpha value is -3.09. The van der Waals surface area contributed by atoms with Crippen molar-refractivity contribution in [3.63, 3.8) is 0 Å². The quantitative estimate of drug-likeness (QED) is 0.423. The van der Waals surface area contributed by atoms with Crippen LogP contribution in [0.2, 0.25) is 0 Å². The number of phenols is 2. The Bertz CT molecular complexity index is 826. The molecule has 0 aliphatic heterocycles. The molecule has 0 atom stereocenters. The van der Waals surface area contributed by atoms with Gasteiger partial charge in [0.1, 0.15) is 17.2 Å². The third kappa shape index (κ3) is 1.81. The van der Waals surface area contributed by atoms with Crippen molar-refractivity contribution in [1.82, 2.24) is 9.78 Å². The highest BCUT2D eigenvalue weighted by Gasteiger charge is 2.16. The van der Waals surface area contributed by atoms with Crippen LogP contribution in [-0.2, 0) is 0 Å². The topological polar surface area (TPSA) is 101 Å². The fourth-order valence-electron chi connectivity index (χ4n) is 2.00. The molecule has 1 aromatic heterocycles. The van der Waals surface area contributed by atoms with E-state index in [-0.39, 0.29) is 28.4 Å². The number of aromatic hydroxyl groups is 2. The minimum atomic E-state index is -0.512. The van der Waals surface area contributed by atoms with Gasteiger partial charge in [0.2, 0.25) is 0 Å². The number of rotatable bonds is 2. The molecular weight excluding hydrogens is 262 g/mol. The minimum Gasteiger partial charge on any atom is -0.508 e. The van der Waals surface area contributed by atoms with Crippen molar-refractivity contribution in [2.24, 2.45) is 0 Å². The van der Waals surface area contributed by atoms with E-state index in [1.807, 2.05) is 0 Å². The molecule has 100 valence electrons. The van der Waals surface area contributed by atoms with Gasteiger partial charge in [-0.1, -0.05) is 12.1 Å². The Labute approximate surface area is 112 Å². The highest BCUT2D eigenvalue weighted by Crippen LogP contribution is 2.29. The molecule has 1 heterocycles. The Morgan fingerprint density at radius 3 is 2.75 bits per heavy atom. The molecule has 3 rings (SSSR count). The first-order valence-corrected chi connectivity index (χ1v) is 5.71. The minimum absolute atomic E-state index is 0.0353. The third-order valence-corrected chi connectivity index (χ3v) is 2.92. The van der Waals surface area contributed by atoms with Gasteiger partial charge in [0.05, 0.1) is 4.92 Å². The molecule has 0 aliphatic carbocycles. The summed E-state index contributed by atoms with van der Waals surface area (Å²) in [6, 6.07) is 8.60. The average molecular weight is 271 g/mol. The lowest BCUT2D eigenvalue weighted by Crippen LogP contribution is -1.95. The number of nitrogens with zero attached hydrogens (tertiary/aromatic N) is 3. The second-order valence-corrected chi connectivity index (χ2v) is 4.22. The fourth-order valence-corrected chi connectivity index (χ4v) is 2.00. The summed E-state index contributed by atoms with van der Waals surface area (Å²) in [5.41, 5.74) is 0.358. The maximum absolute atomic E-state index is 10.9. The van der Waals surface area contributed by atoms with Gasteiger partial charge in [-0.2, -0.15) is 5.10 Å². The van der Waals surface area contributed by atoms with Gasteiger partial charge in [-0.05, 0) is 12.1 Å². The number of fused-ring (bicyclic) bond motifs is 1. The van der Waals surface area contributed by atoms with Gasteiger partial charge in [-0.15, -0.1) is 0 Å². The van der Waals surface area contributed by atoms with Crippen molar-refractivity contribution in [3.8, 4) is 17.2 Å². The van der Waals surface area contributed by atoms with E-state index >= 15 is 0 Å². The second kappa shape index (κ2) is 4.23. The summed E-state index contributed by atoms with van der Waals surface area (Å²) in [6.45, 7) is 0. The lowest BCUT2D eigenvalue weighted by Gasteiger charge is -2.04. The van der Waals surface area contributed by atoms with Crippen molar-refractivity contribution in [2.75, 3.05) is 0 Å². The van der Waals surface area contributed by atoms with E-state index < -0.39 is 4.92 Å². The van der Waals surface area contributed by atoms with E-state index in [0.29, 0.717) is 5.39 Å². The third-order valence-electron chi connectivity index (χ3n) is 2.92. The highest BCUT2D eigenvalue weighted by molar-refractivity contribution is 5.87. The number of phenolic OH excluding ortho intramolecular Hbond substituents is 2. The monoisotopic (exact) mass is 271 g/mol. The lowest BCUT2D eigenvalue weighted by molar-refractivity contribution is -0.383. The van der Waals surface area contributed by atoms with Crippen LogP contribution in [0.4, 0.5) is 5.69 Å². The maximum Gasteiger partial charge on any atom is 0.297 e. The summed E-state index contributed by atoms with van der Waals surface area (Å²) in [5.74, 6) is -0.120. The summed E-state index contributed by atoms with van der Waals surface area (Å²) in [4.78, 5) is 10.4. The van der Waals surface area contributed by atoms with Crippen LogP contribution in [0.25, 0.3) is 16.6 Å². The molecule has 0 aliphatic rings. The van der Waals surface area contributed by atoms with Gasteiger partial charge < -0.3 is 10.2 Å². The number of hydrogen-bond acceptors (Lipinski definition) is 5. The second-order valence-electron chi connectivity index (χ2n) is 4.22. The Kier molecular flexibility index (Phi) is 2.53. The zero-order valence-corrected chi connectivity index (χ0v) is 10.1. The molecule has 0 saturated carbocycles. The number of nitro benzene ring substituents is 1. The number of aromatic nitrogens is 2. The zero-order chi connectivity index (χ0) is 14.3. The van der Waals surface area contributed by atoms with Crippen LogP contribution in [0.1, 0.15) is 0 Å². The van der Waals surface area contributed by atoms with Crippen LogP contribution in [0, 0.1) is 10.1 Å². The number of non-ortho nitro benzene ring substituents is 1. The number of nitro groups is 1. The molecule has 0 bridgehead atoms. The molecule has 3 aromatic rings. The highest BCUT2D eigenvalue weighted by atomic mass is 16.6. The van der Waals surface area contributed by atoms with Crippen molar-refractivity contribution in [2.45, 2.75) is 0 Å². The molecule has 7 nitrogen and oxygen atoms in total. The molecule has 2 N–H and O–H groups in total. The van der Waals surface area contributed by atoms with E-state index in [1.165, 1.54) is 28.9 Å². The van der Waals surface area contributed by atoms with Crippen LogP contribution >= 0.6 is 0 Å². The van der Waals surface area contributed by atoms with Gasteiger partial charge in [-0.3, -0.25) is 10.1 Å². The molecule has 2 aromatic carbocycles. The zero-order valence-electron chi connectivity index (χ0n) is 10.1. The van der Waals surface area contributed by atoms with Crippen molar-refractivity contribution in [1.29, 1.82) is 0 Å². The summed E-state index contributed by atoms with van der Waals surface area (Å²) < 4.78 is 1.30. The smallest absolute Gasteiger partial charge is 0.297 e.